The Hall–Kier alpha value is -0.892. The van der Waals surface area contributed by atoms with Gasteiger partial charge in [-0.05, 0) is 0 Å². The van der Waals surface area contributed by atoms with Gasteiger partial charge in [-0.3, -0.25) is 0 Å². The zero-order valence-electron chi connectivity index (χ0n) is 14.7. The second-order valence-corrected chi connectivity index (χ2v) is 10.2. The van der Waals surface area contributed by atoms with Gasteiger partial charge in [0, 0.05) is 0 Å². The van der Waals surface area contributed by atoms with Crippen LogP contribution in [0.4, 0.5) is 14.4 Å². The molecular weight excluding hydrogens is 404 g/mol. The van der Waals surface area contributed by atoms with Crippen LogP contribution in [0, 0.1) is 0 Å². The van der Waals surface area contributed by atoms with Crippen molar-refractivity contribution in [2.75, 3.05) is 63.4 Å². The molecule has 0 atom stereocenters. The molecule has 22 heavy (non-hydrogen) atoms. The van der Waals surface area contributed by atoms with E-state index in [1.165, 1.54) is 0 Å². The van der Waals surface area contributed by atoms with Gasteiger partial charge in [-0.15, -0.1) is 0 Å². The maximum atomic E-state index is 11.9. The number of rotatable bonds is 3. The van der Waals surface area contributed by atoms with Crippen LogP contribution in [0.5, 0.6) is 0 Å². The Morgan fingerprint density at radius 2 is 0.727 bits per heavy atom. The topological polar surface area (TPSA) is 78.9 Å². The van der Waals surface area contributed by atoms with E-state index in [9.17, 15) is 14.4 Å². The first kappa shape index (κ1) is 21.1. The molecule has 10 heteroatoms. The molecule has 0 heterocycles. The molecule has 0 rings (SSSR count). The van der Waals surface area contributed by atoms with Crippen molar-refractivity contribution in [2.45, 2.75) is 0 Å². The van der Waals surface area contributed by atoms with E-state index in [1.54, 1.807) is 63.4 Å². The molecule has 0 spiro atoms. The van der Waals surface area contributed by atoms with Crippen LogP contribution in [-0.2, 0) is 9.05 Å². The van der Waals surface area contributed by atoms with E-state index in [1.807, 2.05) is 0 Å². The molecule has 3 amide bonds. The molecule has 9 nitrogen and oxygen atoms in total. The Kier molecular flexibility index (Phi) is 6.83. The SMILES string of the molecule is C[N+](C)(C)C(=O)[O][Sb]([O]C(=O)[N+](C)(C)C)[O]C(=O)[N+](C)(C)C. The van der Waals surface area contributed by atoms with Crippen molar-refractivity contribution in [3.63, 3.8) is 0 Å². The number of quaternary nitrogens is 3. The summed E-state index contributed by atoms with van der Waals surface area (Å²) in [5, 5.41) is 0. The van der Waals surface area contributed by atoms with Crippen molar-refractivity contribution in [3.8, 4) is 0 Å². The molecule has 0 aromatic heterocycles. The van der Waals surface area contributed by atoms with Gasteiger partial charge in [0.25, 0.3) is 0 Å². The van der Waals surface area contributed by atoms with Crippen LogP contribution in [0.25, 0.3) is 0 Å². The van der Waals surface area contributed by atoms with Crippen molar-refractivity contribution >= 4 is 39.8 Å². The zero-order valence-corrected chi connectivity index (χ0v) is 17.3. The number of carbonyl (C=O) groups is 3. The summed E-state index contributed by atoms with van der Waals surface area (Å²) in [6.07, 6.45) is -1.90. The third kappa shape index (κ3) is 7.40. The first-order valence-electron chi connectivity index (χ1n) is 6.47. The van der Waals surface area contributed by atoms with Crippen LogP contribution in [-0.4, -0.2) is 117 Å². The molecule has 0 unspecified atom stereocenters. The molecule has 0 saturated carbocycles. The van der Waals surface area contributed by atoms with Crippen molar-refractivity contribution in [3.05, 3.63) is 0 Å². The van der Waals surface area contributed by atoms with Crippen LogP contribution in [0.1, 0.15) is 0 Å². The minimum atomic E-state index is -3.80. The second-order valence-electron chi connectivity index (χ2n) is 7.33. The summed E-state index contributed by atoms with van der Waals surface area (Å²) >= 11 is -3.80. The van der Waals surface area contributed by atoms with Crippen LogP contribution in [0.3, 0.4) is 0 Å². The molecule has 0 saturated heterocycles. The maximum absolute atomic E-state index is 11.9. The van der Waals surface area contributed by atoms with E-state index in [-0.39, 0.29) is 13.4 Å². The molecule has 0 aliphatic heterocycles. The van der Waals surface area contributed by atoms with E-state index < -0.39 is 39.8 Å². The summed E-state index contributed by atoms with van der Waals surface area (Å²) in [7, 11) is 14.4. The quantitative estimate of drug-likeness (QED) is 0.479. The summed E-state index contributed by atoms with van der Waals surface area (Å²) in [5.41, 5.74) is 0. The fourth-order valence-electron chi connectivity index (χ4n) is 0.615. The molecule has 0 radical (unpaired) electrons. The molecule has 0 fully saturated rings. The van der Waals surface area contributed by atoms with Gasteiger partial charge in [0.05, 0.1) is 0 Å². The van der Waals surface area contributed by atoms with E-state index >= 15 is 0 Å². The summed E-state index contributed by atoms with van der Waals surface area (Å²) in [4.78, 5) is 35.8. The predicted octanol–water partition coefficient (Wildman–Crippen LogP) is 0.500. The Balaban J connectivity index is 5.12. The normalized spacial score (nSPS) is 12.8. The first-order chi connectivity index (χ1) is 9.55. The molecule has 0 bridgehead atoms. The summed E-state index contributed by atoms with van der Waals surface area (Å²) in [5.74, 6) is 0. The minimum absolute atomic E-state index is 0.134. The fourth-order valence-corrected chi connectivity index (χ4v) is 4.12. The monoisotopic (exact) mass is 430 g/mol. The number of hydrogen-bond donors (Lipinski definition) is 0. The molecule has 0 aromatic rings. The van der Waals surface area contributed by atoms with Crippen molar-refractivity contribution in [1.82, 2.24) is 0 Å². The molecular formula is C12H27N3O6Sb+3. The second kappa shape index (κ2) is 7.12. The van der Waals surface area contributed by atoms with Gasteiger partial charge in [-0.25, -0.2) is 0 Å². The Morgan fingerprint density at radius 3 is 0.864 bits per heavy atom. The summed E-state index contributed by atoms with van der Waals surface area (Å²) in [6.45, 7) is 0. The van der Waals surface area contributed by atoms with E-state index in [0.29, 0.717) is 0 Å². The van der Waals surface area contributed by atoms with Crippen LogP contribution >= 0.6 is 0 Å². The van der Waals surface area contributed by atoms with E-state index in [0.717, 1.165) is 0 Å². The van der Waals surface area contributed by atoms with Gasteiger partial charge in [0.2, 0.25) is 0 Å². The van der Waals surface area contributed by atoms with Crippen LogP contribution in [0.15, 0.2) is 0 Å². The van der Waals surface area contributed by atoms with Crippen LogP contribution in [0.2, 0.25) is 0 Å². The van der Waals surface area contributed by atoms with E-state index in [4.69, 9.17) is 9.05 Å². The predicted molar refractivity (Wildman–Crippen MR) is 79.3 cm³/mol. The van der Waals surface area contributed by atoms with Gasteiger partial charge in [-0.1, -0.05) is 0 Å². The number of nitrogens with zero attached hydrogens (tertiary/aromatic N) is 3. The number of hydrogen-bond acceptors (Lipinski definition) is 6. The summed E-state index contributed by atoms with van der Waals surface area (Å²) in [6, 6.07) is 0. The zero-order chi connectivity index (χ0) is 17.9. The van der Waals surface area contributed by atoms with Crippen molar-refractivity contribution in [1.29, 1.82) is 0 Å². The summed E-state index contributed by atoms with van der Waals surface area (Å²) < 4.78 is 15.1. The van der Waals surface area contributed by atoms with Gasteiger partial charge >= 0.3 is 140 Å². The fraction of sp³-hybridized carbons (Fsp3) is 0.750. The van der Waals surface area contributed by atoms with Crippen LogP contribution < -0.4 is 0 Å². The molecule has 0 aliphatic carbocycles. The Morgan fingerprint density at radius 1 is 0.545 bits per heavy atom. The third-order valence-electron chi connectivity index (χ3n) is 2.10. The van der Waals surface area contributed by atoms with Crippen molar-refractivity contribution in [2.24, 2.45) is 0 Å². The molecule has 128 valence electrons. The van der Waals surface area contributed by atoms with E-state index in [2.05, 4.69) is 0 Å². The molecule has 0 N–H and O–H groups in total. The van der Waals surface area contributed by atoms with Gasteiger partial charge < -0.3 is 0 Å². The third-order valence-corrected chi connectivity index (χ3v) is 4.71. The Labute approximate surface area is 140 Å². The van der Waals surface area contributed by atoms with Crippen molar-refractivity contribution < 1.29 is 36.9 Å². The number of amides is 3. The first-order valence-corrected chi connectivity index (χ1v) is 9.59. The Bertz CT molecular complexity index is 381. The standard InChI is InChI=1S/3C4H9NO2.Sb/c3*1-5(2,3)4(6)7;/h3*1-3H3;/q;;;+3. The van der Waals surface area contributed by atoms with Gasteiger partial charge in [0.15, 0.2) is 0 Å². The van der Waals surface area contributed by atoms with Gasteiger partial charge in [0.1, 0.15) is 0 Å². The number of carbonyl (C=O) groups excluding carboxylic acids is 3. The average molecular weight is 431 g/mol. The van der Waals surface area contributed by atoms with Gasteiger partial charge in [-0.2, -0.15) is 0 Å². The molecule has 0 aliphatic rings. The average Bonchev–Trinajstić information content (AvgIpc) is 2.24. The molecule has 0 aromatic carbocycles.